The predicted molar refractivity (Wildman–Crippen MR) is 69.1 cm³/mol. The summed E-state index contributed by atoms with van der Waals surface area (Å²) in [5.74, 6) is -0.286. The van der Waals surface area contributed by atoms with Crippen LogP contribution in [0.15, 0.2) is 18.2 Å². The number of hydrogen-bond acceptors (Lipinski definition) is 5. The Morgan fingerprint density at radius 2 is 2.16 bits per heavy atom. The van der Waals surface area contributed by atoms with Crippen LogP contribution in [-0.4, -0.2) is 23.2 Å². The molecule has 1 heterocycles. The quantitative estimate of drug-likeness (QED) is 0.601. The molecule has 0 aliphatic rings. The third-order valence-electron chi connectivity index (χ3n) is 2.04. The molecule has 19 heavy (non-hydrogen) atoms. The van der Waals surface area contributed by atoms with Gasteiger partial charge in [-0.05, 0) is 32.9 Å². The maximum Gasteiger partial charge on any atom is 0.308 e. The lowest BCUT2D eigenvalue weighted by atomic mass is 10.2. The molecule has 0 saturated carbocycles. The molecule has 0 aliphatic carbocycles. The van der Waals surface area contributed by atoms with Crippen molar-refractivity contribution in [1.29, 1.82) is 5.26 Å². The van der Waals surface area contributed by atoms with E-state index in [1.54, 1.807) is 18.2 Å². The second kappa shape index (κ2) is 6.86. The summed E-state index contributed by atoms with van der Waals surface area (Å²) in [4.78, 5) is 15.5. The highest BCUT2D eigenvalue weighted by atomic mass is 16.6. The van der Waals surface area contributed by atoms with Crippen LogP contribution in [0.5, 0.6) is 0 Å². The molecule has 0 amide bonds. The molecule has 0 atom stereocenters. The summed E-state index contributed by atoms with van der Waals surface area (Å²) < 4.78 is 10.5. The highest BCUT2D eigenvalue weighted by Crippen LogP contribution is 2.08. The summed E-state index contributed by atoms with van der Waals surface area (Å²) in [5, 5.41) is 8.70. The molecule has 0 fully saturated rings. The fraction of sp³-hybridized carbons (Fsp3) is 0.500. The minimum Gasteiger partial charge on any atom is -0.460 e. The second-order valence-electron chi connectivity index (χ2n) is 5.01. The smallest absolute Gasteiger partial charge is 0.308 e. The van der Waals surface area contributed by atoms with Crippen molar-refractivity contribution in [2.45, 2.75) is 39.4 Å². The van der Waals surface area contributed by atoms with Gasteiger partial charge in [0.25, 0.3) is 0 Å². The van der Waals surface area contributed by atoms with Gasteiger partial charge in [-0.3, -0.25) is 4.79 Å². The molecule has 0 aromatic carbocycles. The second-order valence-corrected chi connectivity index (χ2v) is 5.01. The predicted octanol–water partition coefficient (Wildman–Crippen LogP) is 2.20. The van der Waals surface area contributed by atoms with Gasteiger partial charge < -0.3 is 9.47 Å². The molecule has 1 aromatic rings. The Kier molecular flexibility index (Phi) is 5.46. The Labute approximate surface area is 113 Å². The first-order chi connectivity index (χ1) is 8.90. The highest BCUT2D eigenvalue weighted by Gasteiger charge is 2.15. The van der Waals surface area contributed by atoms with Gasteiger partial charge in [0.2, 0.25) is 0 Å². The number of nitriles is 1. The topological polar surface area (TPSA) is 72.2 Å². The van der Waals surface area contributed by atoms with Crippen molar-refractivity contribution >= 4 is 5.97 Å². The summed E-state index contributed by atoms with van der Waals surface area (Å²) in [5.41, 5.74) is 0.552. The number of hydrogen-bond donors (Lipinski definition) is 0. The van der Waals surface area contributed by atoms with Crippen LogP contribution in [0.2, 0.25) is 0 Å². The van der Waals surface area contributed by atoms with E-state index < -0.39 is 5.60 Å². The molecule has 0 spiro atoms. The van der Waals surface area contributed by atoms with Gasteiger partial charge in [0.05, 0.1) is 25.3 Å². The zero-order chi connectivity index (χ0) is 14.3. The number of rotatable bonds is 5. The number of ether oxygens (including phenoxy) is 2. The van der Waals surface area contributed by atoms with E-state index in [9.17, 15) is 4.79 Å². The zero-order valence-electron chi connectivity index (χ0n) is 11.5. The number of esters is 1. The van der Waals surface area contributed by atoms with Crippen LogP contribution in [0.4, 0.5) is 0 Å². The van der Waals surface area contributed by atoms with E-state index in [1.807, 2.05) is 26.8 Å². The van der Waals surface area contributed by atoms with Gasteiger partial charge in [-0.2, -0.15) is 5.26 Å². The molecular weight excluding hydrogens is 244 g/mol. The Morgan fingerprint density at radius 3 is 2.79 bits per heavy atom. The van der Waals surface area contributed by atoms with Crippen molar-refractivity contribution in [1.82, 2.24) is 4.98 Å². The van der Waals surface area contributed by atoms with Crippen LogP contribution in [-0.2, 0) is 20.9 Å². The van der Waals surface area contributed by atoms with Gasteiger partial charge in [-0.15, -0.1) is 0 Å². The molecule has 102 valence electrons. The van der Waals surface area contributed by atoms with E-state index in [4.69, 9.17) is 14.7 Å². The SMILES string of the molecule is CC(C)(C)OC(=O)CCOCc1cccc(C#N)n1. The minimum atomic E-state index is -0.472. The van der Waals surface area contributed by atoms with Crippen molar-refractivity contribution in [2.75, 3.05) is 6.61 Å². The lowest BCUT2D eigenvalue weighted by molar-refractivity contribution is -0.156. The minimum absolute atomic E-state index is 0.204. The first-order valence-electron chi connectivity index (χ1n) is 6.06. The maximum absolute atomic E-state index is 11.4. The molecule has 1 rings (SSSR count). The largest absolute Gasteiger partial charge is 0.460 e. The van der Waals surface area contributed by atoms with Crippen molar-refractivity contribution in [3.63, 3.8) is 0 Å². The fourth-order valence-corrected chi connectivity index (χ4v) is 1.35. The average Bonchev–Trinajstić information content (AvgIpc) is 2.33. The van der Waals surface area contributed by atoms with Gasteiger partial charge in [0.15, 0.2) is 0 Å². The molecule has 0 unspecified atom stereocenters. The fourth-order valence-electron chi connectivity index (χ4n) is 1.35. The third kappa shape index (κ3) is 6.53. The maximum atomic E-state index is 11.4. The Morgan fingerprint density at radius 1 is 1.42 bits per heavy atom. The Bertz CT molecular complexity index is 472. The van der Waals surface area contributed by atoms with Gasteiger partial charge in [0.1, 0.15) is 17.4 Å². The molecule has 1 aromatic heterocycles. The van der Waals surface area contributed by atoms with E-state index in [-0.39, 0.29) is 25.6 Å². The lowest BCUT2D eigenvalue weighted by Crippen LogP contribution is -2.24. The van der Waals surface area contributed by atoms with Crippen molar-refractivity contribution < 1.29 is 14.3 Å². The van der Waals surface area contributed by atoms with Gasteiger partial charge >= 0.3 is 5.97 Å². The third-order valence-corrected chi connectivity index (χ3v) is 2.04. The Hall–Kier alpha value is -1.93. The van der Waals surface area contributed by atoms with Crippen molar-refractivity contribution in [3.05, 3.63) is 29.6 Å². The van der Waals surface area contributed by atoms with Crippen molar-refractivity contribution in [2.24, 2.45) is 0 Å². The monoisotopic (exact) mass is 262 g/mol. The van der Waals surface area contributed by atoms with Crippen LogP contribution in [0.25, 0.3) is 0 Å². The van der Waals surface area contributed by atoms with Crippen LogP contribution in [0.3, 0.4) is 0 Å². The van der Waals surface area contributed by atoms with Gasteiger partial charge in [-0.1, -0.05) is 6.07 Å². The van der Waals surface area contributed by atoms with Crippen LogP contribution < -0.4 is 0 Å². The van der Waals surface area contributed by atoms with E-state index >= 15 is 0 Å². The number of aromatic nitrogens is 1. The number of pyridine rings is 1. The summed E-state index contributed by atoms with van der Waals surface area (Å²) >= 11 is 0. The van der Waals surface area contributed by atoms with Crippen molar-refractivity contribution in [3.8, 4) is 6.07 Å². The van der Waals surface area contributed by atoms with Crippen LogP contribution >= 0.6 is 0 Å². The summed E-state index contributed by atoms with van der Waals surface area (Å²) in [6, 6.07) is 7.11. The van der Waals surface area contributed by atoms with E-state index in [1.165, 1.54) is 0 Å². The van der Waals surface area contributed by atoms with E-state index in [2.05, 4.69) is 4.98 Å². The van der Waals surface area contributed by atoms with Crippen LogP contribution in [0.1, 0.15) is 38.6 Å². The molecule has 0 saturated heterocycles. The highest BCUT2D eigenvalue weighted by molar-refractivity contribution is 5.69. The zero-order valence-corrected chi connectivity index (χ0v) is 11.5. The van der Waals surface area contributed by atoms with E-state index in [0.717, 1.165) is 0 Å². The lowest BCUT2D eigenvalue weighted by Gasteiger charge is -2.19. The average molecular weight is 262 g/mol. The number of carbonyl (C=O) groups excluding carboxylic acids is 1. The standard InChI is InChI=1S/C14H18N2O3/c1-14(2,3)19-13(17)7-8-18-10-12-6-4-5-11(9-15)16-12/h4-6H,7-8,10H2,1-3H3. The van der Waals surface area contributed by atoms with Gasteiger partial charge in [0, 0.05) is 0 Å². The number of nitrogens with zero attached hydrogens (tertiary/aromatic N) is 2. The normalized spacial score (nSPS) is 10.8. The van der Waals surface area contributed by atoms with Gasteiger partial charge in [-0.25, -0.2) is 4.98 Å². The first kappa shape index (κ1) is 15.1. The molecule has 0 bridgehead atoms. The Balaban J connectivity index is 2.28. The molecular formula is C14H18N2O3. The summed E-state index contributed by atoms with van der Waals surface area (Å²) in [6.07, 6.45) is 0.204. The summed E-state index contributed by atoms with van der Waals surface area (Å²) in [6.45, 7) is 6.01. The molecule has 0 aliphatic heterocycles. The van der Waals surface area contributed by atoms with E-state index in [0.29, 0.717) is 11.4 Å². The number of carbonyl (C=O) groups is 1. The molecule has 0 radical (unpaired) electrons. The molecule has 0 N–H and O–H groups in total. The molecule has 5 nitrogen and oxygen atoms in total. The van der Waals surface area contributed by atoms with Crippen LogP contribution in [0, 0.1) is 11.3 Å². The summed E-state index contributed by atoms with van der Waals surface area (Å²) in [7, 11) is 0. The first-order valence-corrected chi connectivity index (χ1v) is 6.06. The molecule has 5 heteroatoms.